The third-order valence-electron chi connectivity index (χ3n) is 6.40. The molecule has 2 aromatic carbocycles. The van der Waals surface area contributed by atoms with Gasteiger partial charge >= 0.3 is 0 Å². The van der Waals surface area contributed by atoms with Gasteiger partial charge in [0.2, 0.25) is 5.91 Å². The fraction of sp³-hybridized carbons (Fsp3) is 0.400. The van der Waals surface area contributed by atoms with Crippen molar-refractivity contribution < 1.29 is 9.18 Å². The van der Waals surface area contributed by atoms with Gasteiger partial charge in [-0.05, 0) is 48.3 Å². The minimum absolute atomic E-state index is 0.0843. The Kier molecular flexibility index (Phi) is 6.37. The average molecular weight is 466 g/mol. The Balaban J connectivity index is 1.21. The summed E-state index contributed by atoms with van der Waals surface area (Å²) in [6.07, 6.45) is 2.66. The van der Waals surface area contributed by atoms with Crippen molar-refractivity contribution in [1.29, 1.82) is 0 Å². The second-order valence-electron chi connectivity index (χ2n) is 8.93. The molecule has 3 aromatic rings. The van der Waals surface area contributed by atoms with E-state index in [9.17, 15) is 9.18 Å². The molecule has 172 valence electrons. The Hall–Kier alpha value is -2.84. The lowest BCUT2D eigenvalue weighted by molar-refractivity contribution is -0.132. The fourth-order valence-corrected chi connectivity index (χ4v) is 4.58. The molecule has 1 aromatic heterocycles. The van der Waals surface area contributed by atoms with Crippen molar-refractivity contribution in [2.45, 2.75) is 38.4 Å². The molecule has 0 atom stereocenters. The van der Waals surface area contributed by atoms with E-state index in [0.717, 1.165) is 35.8 Å². The summed E-state index contributed by atoms with van der Waals surface area (Å²) in [5, 5.41) is 4.90. The number of nitrogens with zero attached hydrogens (tertiary/aromatic N) is 5. The van der Waals surface area contributed by atoms with Crippen LogP contribution in [0.15, 0.2) is 54.6 Å². The van der Waals surface area contributed by atoms with Gasteiger partial charge in [-0.15, -0.1) is 0 Å². The predicted molar refractivity (Wildman–Crippen MR) is 127 cm³/mol. The number of halogens is 1. The second-order valence-corrected chi connectivity index (χ2v) is 9.29. The standard InChI is InChI=1S/C25H28FN5OS/c26-22-10-6-19(7-11-22)16-23(32)29-14-12-28(13-15-29)18-31-25(33)30(24(27-31)21-8-9-21)17-20-4-2-1-3-5-20/h1-7,10-11,21H,8-9,12-18H2. The largest absolute Gasteiger partial charge is 0.340 e. The zero-order chi connectivity index (χ0) is 22.8. The van der Waals surface area contributed by atoms with Crippen LogP contribution in [0.1, 0.15) is 35.7 Å². The number of hydrogen-bond donors (Lipinski definition) is 0. The third kappa shape index (κ3) is 5.23. The summed E-state index contributed by atoms with van der Waals surface area (Å²) >= 11 is 5.82. The van der Waals surface area contributed by atoms with Crippen LogP contribution >= 0.6 is 12.2 Å². The molecule has 0 unspecified atom stereocenters. The van der Waals surface area contributed by atoms with E-state index in [1.807, 2.05) is 15.6 Å². The first-order valence-electron chi connectivity index (χ1n) is 11.5. The van der Waals surface area contributed by atoms with Crippen LogP contribution in [0, 0.1) is 10.6 Å². The van der Waals surface area contributed by atoms with E-state index in [0.29, 0.717) is 32.1 Å². The molecule has 1 saturated heterocycles. The summed E-state index contributed by atoms with van der Waals surface area (Å²) < 4.78 is 18.0. The summed E-state index contributed by atoms with van der Waals surface area (Å²) in [6.45, 7) is 4.29. The normalized spacial score (nSPS) is 16.8. The highest BCUT2D eigenvalue weighted by Crippen LogP contribution is 2.39. The van der Waals surface area contributed by atoms with Crippen LogP contribution in [0.5, 0.6) is 0 Å². The first-order chi connectivity index (χ1) is 16.1. The minimum atomic E-state index is -0.283. The second kappa shape index (κ2) is 9.57. The van der Waals surface area contributed by atoms with E-state index in [4.69, 9.17) is 17.3 Å². The van der Waals surface area contributed by atoms with Gasteiger partial charge < -0.3 is 4.90 Å². The number of carbonyl (C=O) groups is 1. The smallest absolute Gasteiger partial charge is 0.227 e. The van der Waals surface area contributed by atoms with Crippen molar-refractivity contribution in [3.63, 3.8) is 0 Å². The van der Waals surface area contributed by atoms with Crippen molar-refractivity contribution in [2.75, 3.05) is 26.2 Å². The third-order valence-corrected chi connectivity index (χ3v) is 6.84. The number of amides is 1. The minimum Gasteiger partial charge on any atom is -0.340 e. The van der Waals surface area contributed by atoms with Crippen LogP contribution in [0.2, 0.25) is 0 Å². The molecule has 0 radical (unpaired) electrons. The number of piperazine rings is 1. The molecular formula is C25H28FN5OS. The molecule has 2 heterocycles. The molecule has 6 nitrogen and oxygen atoms in total. The van der Waals surface area contributed by atoms with Crippen LogP contribution in [-0.4, -0.2) is 56.2 Å². The summed E-state index contributed by atoms with van der Waals surface area (Å²) in [5.41, 5.74) is 2.06. The van der Waals surface area contributed by atoms with Gasteiger partial charge in [-0.1, -0.05) is 42.5 Å². The van der Waals surface area contributed by atoms with E-state index in [2.05, 4.69) is 33.7 Å². The lowest BCUT2D eigenvalue weighted by Crippen LogP contribution is -2.49. The molecule has 1 aliphatic carbocycles. The molecule has 1 aliphatic heterocycles. The lowest BCUT2D eigenvalue weighted by atomic mass is 10.1. The highest BCUT2D eigenvalue weighted by atomic mass is 32.1. The van der Waals surface area contributed by atoms with Crippen molar-refractivity contribution >= 4 is 18.1 Å². The predicted octanol–water partition coefficient (Wildman–Crippen LogP) is 3.82. The molecule has 5 rings (SSSR count). The molecule has 2 fully saturated rings. The Morgan fingerprint density at radius 2 is 1.67 bits per heavy atom. The summed E-state index contributed by atoms with van der Waals surface area (Å²) in [5.74, 6) is 1.41. The maximum Gasteiger partial charge on any atom is 0.227 e. The van der Waals surface area contributed by atoms with E-state index in [1.54, 1.807) is 12.1 Å². The molecule has 0 spiro atoms. The van der Waals surface area contributed by atoms with Crippen LogP contribution in [0.3, 0.4) is 0 Å². The lowest BCUT2D eigenvalue weighted by Gasteiger charge is -2.34. The quantitative estimate of drug-likeness (QED) is 0.498. The zero-order valence-electron chi connectivity index (χ0n) is 18.6. The Bertz CT molecular complexity index is 1160. The molecule has 0 N–H and O–H groups in total. The number of hydrogen-bond acceptors (Lipinski definition) is 4. The topological polar surface area (TPSA) is 46.3 Å². The first kappa shape index (κ1) is 22.0. The van der Waals surface area contributed by atoms with Gasteiger partial charge in [-0.25, -0.2) is 9.07 Å². The molecule has 2 aliphatic rings. The zero-order valence-corrected chi connectivity index (χ0v) is 19.4. The van der Waals surface area contributed by atoms with E-state index < -0.39 is 0 Å². The van der Waals surface area contributed by atoms with Crippen LogP contribution in [0.25, 0.3) is 0 Å². The van der Waals surface area contributed by atoms with Crippen LogP contribution < -0.4 is 0 Å². The average Bonchev–Trinajstić information content (AvgIpc) is 3.63. The van der Waals surface area contributed by atoms with Gasteiger partial charge in [0.1, 0.15) is 11.6 Å². The number of rotatable bonds is 7. The maximum atomic E-state index is 13.1. The fourth-order valence-electron chi connectivity index (χ4n) is 4.32. The first-order valence-corrected chi connectivity index (χ1v) is 11.9. The van der Waals surface area contributed by atoms with Crippen LogP contribution in [0.4, 0.5) is 4.39 Å². The molecule has 8 heteroatoms. The van der Waals surface area contributed by atoms with E-state index in [1.165, 1.54) is 30.5 Å². The SMILES string of the molecule is O=C(Cc1ccc(F)cc1)N1CCN(Cn2nc(C3CC3)n(Cc3ccccc3)c2=S)CC1. The Morgan fingerprint density at radius 3 is 2.33 bits per heavy atom. The Morgan fingerprint density at radius 1 is 0.970 bits per heavy atom. The summed E-state index contributed by atoms with van der Waals surface area (Å²) in [6, 6.07) is 16.5. The molecule has 0 bridgehead atoms. The monoisotopic (exact) mass is 465 g/mol. The van der Waals surface area contributed by atoms with Gasteiger partial charge in [0.25, 0.3) is 0 Å². The number of aromatic nitrogens is 3. The summed E-state index contributed by atoms with van der Waals surface area (Å²) in [4.78, 5) is 16.8. The van der Waals surface area contributed by atoms with Crippen molar-refractivity contribution in [1.82, 2.24) is 24.1 Å². The maximum absolute atomic E-state index is 13.1. The molecule has 1 amide bonds. The van der Waals surface area contributed by atoms with Gasteiger partial charge in [-0.3, -0.25) is 14.3 Å². The van der Waals surface area contributed by atoms with Crippen molar-refractivity contribution in [2.24, 2.45) is 0 Å². The molecule has 1 saturated carbocycles. The highest BCUT2D eigenvalue weighted by Gasteiger charge is 2.30. The van der Waals surface area contributed by atoms with Gasteiger partial charge in [0, 0.05) is 32.1 Å². The molecule has 33 heavy (non-hydrogen) atoms. The van der Waals surface area contributed by atoms with Gasteiger partial charge in [-0.2, -0.15) is 5.10 Å². The van der Waals surface area contributed by atoms with E-state index in [-0.39, 0.29) is 11.7 Å². The van der Waals surface area contributed by atoms with Gasteiger partial charge in [0.05, 0.1) is 19.6 Å². The van der Waals surface area contributed by atoms with Crippen molar-refractivity contribution in [3.05, 3.63) is 82.1 Å². The van der Waals surface area contributed by atoms with E-state index >= 15 is 0 Å². The molecular weight excluding hydrogens is 437 g/mol. The van der Waals surface area contributed by atoms with Crippen LogP contribution in [-0.2, 0) is 24.4 Å². The number of benzene rings is 2. The van der Waals surface area contributed by atoms with Gasteiger partial charge in [0.15, 0.2) is 4.77 Å². The van der Waals surface area contributed by atoms with Crippen molar-refractivity contribution in [3.8, 4) is 0 Å². The summed E-state index contributed by atoms with van der Waals surface area (Å²) in [7, 11) is 0. The highest BCUT2D eigenvalue weighted by molar-refractivity contribution is 7.71. The number of carbonyl (C=O) groups excluding carboxylic acids is 1. The Labute approximate surface area is 198 Å².